The number of carbonyl (C=O) groups excluding carboxylic acids is 1. The van der Waals surface area contributed by atoms with Crippen LogP contribution in [0.4, 0.5) is 11.5 Å². The Morgan fingerprint density at radius 3 is 2.65 bits per heavy atom. The van der Waals surface area contributed by atoms with Gasteiger partial charge in [0.15, 0.2) is 0 Å². The highest BCUT2D eigenvalue weighted by molar-refractivity contribution is 5.82. The third kappa shape index (κ3) is 4.54. The van der Waals surface area contributed by atoms with Gasteiger partial charge in [0.1, 0.15) is 5.82 Å². The van der Waals surface area contributed by atoms with Crippen LogP contribution >= 0.6 is 0 Å². The molecule has 0 aliphatic heterocycles. The lowest BCUT2D eigenvalue weighted by Gasteiger charge is -2.08. The number of benzene rings is 2. The minimum absolute atomic E-state index is 0.0371. The Kier molecular flexibility index (Phi) is 5.38. The van der Waals surface area contributed by atoms with Crippen molar-refractivity contribution >= 4 is 28.3 Å². The van der Waals surface area contributed by atoms with E-state index in [-0.39, 0.29) is 11.6 Å². The van der Waals surface area contributed by atoms with Crippen molar-refractivity contribution in [2.75, 3.05) is 11.9 Å². The number of nitro benzene ring substituents is 1. The van der Waals surface area contributed by atoms with Gasteiger partial charge in [-0.3, -0.25) is 14.9 Å². The molecule has 132 valence electrons. The van der Waals surface area contributed by atoms with Gasteiger partial charge in [-0.15, -0.1) is 0 Å². The van der Waals surface area contributed by atoms with Gasteiger partial charge in [-0.25, -0.2) is 4.98 Å². The largest absolute Gasteiger partial charge is 0.370 e. The number of nitrogens with zero attached hydrogens (tertiary/aromatic N) is 2. The molecular weight excluding hydrogens is 332 g/mol. The number of hydrogen-bond acceptors (Lipinski definition) is 5. The second-order valence-corrected chi connectivity index (χ2v) is 5.77. The Bertz CT molecular complexity index is 928. The second kappa shape index (κ2) is 8.06. The average Bonchev–Trinajstić information content (AvgIpc) is 2.66. The second-order valence-electron chi connectivity index (χ2n) is 5.77. The van der Waals surface area contributed by atoms with E-state index in [0.29, 0.717) is 36.2 Å². The van der Waals surface area contributed by atoms with Crippen molar-refractivity contribution in [1.29, 1.82) is 0 Å². The van der Waals surface area contributed by atoms with Crippen LogP contribution in [0, 0.1) is 10.1 Å². The molecule has 2 N–H and O–H groups in total. The molecule has 0 aliphatic carbocycles. The summed E-state index contributed by atoms with van der Waals surface area (Å²) in [7, 11) is 0. The molecule has 0 atom stereocenters. The third-order valence-electron chi connectivity index (χ3n) is 3.87. The fourth-order valence-electron chi connectivity index (χ4n) is 2.51. The lowest BCUT2D eigenvalue weighted by atomic mass is 10.2. The monoisotopic (exact) mass is 350 g/mol. The van der Waals surface area contributed by atoms with Crippen molar-refractivity contribution in [2.45, 2.75) is 13.0 Å². The van der Waals surface area contributed by atoms with E-state index in [1.807, 2.05) is 30.3 Å². The normalized spacial score (nSPS) is 10.5. The molecule has 0 spiro atoms. The van der Waals surface area contributed by atoms with Crippen LogP contribution in [0.2, 0.25) is 0 Å². The van der Waals surface area contributed by atoms with Gasteiger partial charge in [0.05, 0.1) is 10.4 Å². The van der Waals surface area contributed by atoms with Crippen LogP contribution < -0.4 is 10.6 Å². The number of nitrogens with one attached hydrogen (secondary N) is 2. The van der Waals surface area contributed by atoms with Crippen LogP contribution in [0.5, 0.6) is 0 Å². The van der Waals surface area contributed by atoms with Gasteiger partial charge in [0.2, 0.25) is 5.91 Å². The van der Waals surface area contributed by atoms with E-state index < -0.39 is 4.92 Å². The van der Waals surface area contributed by atoms with E-state index in [2.05, 4.69) is 15.6 Å². The van der Waals surface area contributed by atoms with Gasteiger partial charge < -0.3 is 10.6 Å². The van der Waals surface area contributed by atoms with Crippen molar-refractivity contribution in [1.82, 2.24) is 10.3 Å². The quantitative estimate of drug-likeness (QED) is 0.503. The molecule has 1 aromatic heterocycles. The highest BCUT2D eigenvalue weighted by Crippen LogP contribution is 2.21. The highest BCUT2D eigenvalue weighted by Gasteiger charge is 2.07. The minimum atomic E-state index is -0.431. The highest BCUT2D eigenvalue weighted by atomic mass is 16.6. The summed E-state index contributed by atoms with van der Waals surface area (Å²) in [6.45, 7) is 0.957. The van der Waals surface area contributed by atoms with E-state index in [9.17, 15) is 14.9 Å². The molecule has 0 saturated heterocycles. The van der Waals surface area contributed by atoms with Crippen LogP contribution in [-0.2, 0) is 11.3 Å². The van der Waals surface area contributed by atoms with E-state index >= 15 is 0 Å². The van der Waals surface area contributed by atoms with Gasteiger partial charge in [0.25, 0.3) is 5.69 Å². The standard InChI is InChI=1S/C19H18N4O3/c24-19(21-13-14-4-2-1-3-5-14)10-11-20-18-9-6-15-12-16(23(25)26)7-8-17(15)22-18/h1-9,12H,10-11,13H2,(H,20,22)(H,21,24). The molecule has 0 bridgehead atoms. The number of carbonyl (C=O) groups is 1. The van der Waals surface area contributed by atoms with Crippen LogP contribution in [0.25, 0.3) is 10.9 Å². The minimum Gasteiger partial charge on any atom is -0.370 e. The Balaban J connectivity index is 1.50. The smallest absolute Gasteiger partial charge is 0.270 e. The molecule has 0 fully saturated rings. The first-order valence-corrected chi connectivity index (χ1v) is 8.21. The van der Waals surface area contributed by atoms with E-state index in [4.69, 9.17) is 0 Å². The van der Waals surface area contributed by atoms with Crippen molar-refractivity contribution in [2.24, 2.45) is 0 Å². The molecule has 3 rings (SSSR count). The van der Waals surface area contributed by atoms with Crippen molar-refractivity contribution in [3.8, 4) is 0 Å². The van der Waals surface area contributed by atoms with Gasteiger partial charge in [-0.1, -0.05) is 30.3 Å². The number of aromatic nitrogens is 1. The maximum Gasteiger partial charge on any atom is 0.270 e. The first-order valence-electron chi connectivity index (χ1n) is 8.21. The van der Waals surface area contributed by atoms with Crippen LogP contribution in [0.15, 0.2) is 60.7 Å². The fourth-order valence-corrected chi connectivity index (χ4v) is 2.51. The first-order chi connectivity index (χ1) is 12.6. The van der Waals surface area contributed by atoms with Crippen molar-refractivity contribution in [3.05, 3.63) is 76.3 Å². The molecular formula is C19H18N4O3. The molecule has 26 heavy (non-hydrogen) atoms. The number of nitro groups is 1. The Labute approximate surface area is 150 Å². The molecule has 1 amide bonds. The van der Waals surface area contributed by atoms with Gasteiger partial charge in [-0.2, -0.15) is 0 Å². The van der Waals surface area contributed by atoms with Crippen molar-refractivity contribution < 1.29 is 9.72 Å². The van der Waals surface area contributed by atoms with Gasteiger partial charge in [-0.05, 0) is 23.8 Å². The Morgan fingerprint density at radius 2 is 1.88 bits per heavy atom. The molecule has 0 aliphatic rings. The summed E-state index contributed by atoms with van der Waals surface area (Å²) < 4.78 is 0. The molecule has 7 heteroatoms. The number of hydrogen-bond donors (Lipinski definition) is 2. The van der Waals surface area contributed by atoms with E-state index in [1.54, 1.807) is 18.2 Å². The summed E-state index contributed by atoms with van der Waals surface area (Å²) in [6.07, 6.45) is 0.326. The number of non-ortho nitro benzene ring substituents is 1. The fraction of sp³-hybridized carbons (Fsp3) is 0.158. The predicted octanol–water partition coefficient (Wildman–Crippen LogP) is 3.26. The summed E-state index contributed by atoms with van der Waals surface area (Å²) in [4.78, 5) is 26.7. The van der Waals surface area contributed by atoms with Crippen LogP contribution in [0.1, 0.15) is 12.0 Å². The molecule has 0 saturated carbocycles. The summed E-state index contributed by atoms with van der Waals surface area (Å²) in [5.74, 6) is 0.583. The van der Waals surface area contributed by atoms with Crippen LogP contribution in [-0.4, -0.2) is 22.4 Å². The van der Waals surface area contributed by atoms with Crippen LogP contribution in [0.3, 0.4) is 0 Å². The zero-order valence-corrected chi connectivity index (χ0v) is 14.0. The molecule has 0 radical (unpaired) electrons. The van der Waals surface area contributed by atoms with E-state index in [1.165, 1.54) is 12.1 Å². The molecule has 0 unspecified atom stereocenters. The maximum absolute atomic E-state index is 11.9. The molecule has 2 aromatic carbocycles. The number of pyridine rings is 1. The van der Waals surface area contributed by atoms with Gasteiger partial charge >= 0.3 is 0 Å². The third-order valence-corrected chi connectivity index (χ3v) is 3.87. The Hall–Kier alpha value is -3.48. The number of rotatable bonds is 7. The lowest BCUT2D eigenvalue weighted by Crippen LogP contribution is -2.24. The maximum atomic E-state index is 11.9. The predicted molar refractivity (Wildman–Crippen MR) is 99.8 cm³/mol. The summed E-state index contributed by atoms with van der Waals surface area (Å²) >= 11 is 0. The summed E-state index contributed by atoms with van der Waals surface area (Å²) in [5, 5.41) is 17.5. The van der Waals surface area contributed by atoms with Crippen molar-refractivity contribution in [3.63, 3.8) is 0 Å². The number of anilines is 1. The first kappa shape index (κ1) is 17.3. The molecule has 1 heterocycles. The van der Waals surface area contributed by atoms with Gasteiger partial charge in [0, 0.05) is 37.0 Å². The Morgan fingerprint density at radius 1 is 1.08 bits per heavy atom. The summed E-state index contributed by atoms with van der Waals surface area (Å²) in [6, 6.07) is 17.8. The summed E-state index contributed by atoms with van der Waals surface area (Å²) in [5.41, 5.74) is 1.75. The van der Waals surface area contributed by atoms with E-state index in [0.717, 1.165) is 5.56 Å². The average molecular weight is 350 g/mol. The SMILES string of the molecule is O=C(CCNc1ccc2cc([N+](=O)[O-])ccc2n1)NCc1ccccc1. The zero-order chi connectivity index (χ0) is 18.4. The molecule has 7 nitrogen and oxygen atoms in total. The lowest BCUT2D eigenvalue weighted by molar-refractivity contribution is -0.384. The number of amides is 1. The zero-order valence-electron chi connectivity index (χ0n) is 14.0. The number of fused-ring (bicyclic) bond motifs is 1. The molecule has 3 aromatic rings. The topological polar surface area (TPSA) is 97.2 Å².